The van der Waals surface area contributed by atoms with E-state index in [9.17, 15) is 0 Å². The number of nitriles is 1. The van der Waals surface area contributed by atoms with Gasteiger partial charge in [0.05, 0.1) is 6.07 Å². The van der Waals surface area contributed by atoms with E-state index in [1.165, 1.54) is 57.8 Å². The van der Waals surface area contributed by atoms with Crippen molar-refractivity contribution < 1.29 is 0 Å². The molecule has 1 aliphatic carbocycles. The number of unbranched alkanes of at least 4 members (excludes halogenated alkanes) is 7. The molecule has 0 heterocycles. The van der Waals surface area contributed by atoms with Gasteiger partial charge >= 0.3 is 0 Å². The normalized spacial score (nSPS) is 19.2. The molecule has 0 aromatic rings. The summed E-state index contributed by atoms with van der Waals surface area (Å²) in [6.45, 7) is 0. The van der Waals surface area contributed by atoms with Crippen molar-refractivity contribution in [1.82, 2.24) is 0 Å². The fraction of sp³-hybridized carbons (Fsp3) is 0.706. The zero-order valence-corrected chi connectivity index (χ0v) is 11.6. The highest BCUT2D eigenvalue weighted by Crippen LogP contribution is 2.19. The first-order valence-corrected chi connectivity index (χ1v) is 7.62. The van der Waals surface area contributed by atoms with Crippen LogP contribution < -0.4 is 0 Å². The van der Waals surface area contributed by atoms with Crippen molar-refractivity contribution in [3.8, 4) is 6.07 Å². The fourth-order valence-corrected chi connectivity index (χ4v) is 2.45. The molecule has 0 aromatic carbocycles. The van der Waals surface area contributed by atoms with Crippen LogP contribution in [0.5, 0.6) is 0 Å². The lowest BCUT2D eigenvalue weighted by Gasteiger charge is -2.12. The zero-order chi connectivity index (χ0) is 12.9. The van der Waals surface area contributed by atoms with E-state index < -0.39 is 0 Å². The van der Waals surface area contributed by atoms with Crippen LogP contribution in [0, 0.1) is 17.2 Å². The molecule has 18 heavy (non-hydrogen) atoms. The summed E-state index contributed by atoms with van der Waals surface area (Å²) in [5.41, 5.74) is 0. The van der Waals surface area contributed by atoms with Gasteiger partial charge in [0.2, 0.25) is 0 Å². The second kappa shape index (κ2) is 11.1. The predicted molar refractivity (Wildman–Crippen MR) is 78.2 cm³/mol. The molecule has 0 saturated carbocycles. The summed E-state index contributed by atoms with van der Waals surface area (Å²) >= 11 is 0. The van der Waals surface area contributed by atoms with Gasteiger partial charge in [0.1, 0.15) is 0 Å². The lowest BCUT2D eigenvalue weighted by atomic mass is 9.94. The van der Waals surface area contributed by atoms with Crippen molar-refractivity contribution in [3.63, 3.8) is 0 Å². The van der Waals surface area contributed by atoms with Gasteiger partial charge in [-0.25, -0.2) is 0 Å². The van der Waals surface area contributed by atoms with Crippen LogP contribution in [0.3, 0.4) is 0 Å². The van der Waals surface area contributed by atoms with Gasteiger partial charge in [-0.1, -0.05) is 50.0 Å². The Labute approximate surface area is 113 Å². The number of hydrogen-bond donors (Lipinski definition) is 0. The summed E-state index contributed by atoms with van der Waals surface area (Å²) in [4.78, 5) is 0. The third-order valence-electron chi connectivity index (χ3n) is 3.63. The molecule has 1 rings (SSSR count). The molecule has 1 heteroatoms. The Morgan fingerprint density at radius 1 is 1.06 bits per heavy atom. The molecule has 1 atom stereocenters. The van der Waals surface area contributed by atoms with Crippen LogP contribution in [0.25, 0.3) is 0 Å². The van der Waals surface area contributed by atoms with Crippen molar-refractivity contribution >= 4 is 0 Å². The molecule has 0 radical (unpaired) electrons. The van der Waals surface area contributed by atoms with E-state index in [0.29, 0.717) is 0 Å². The van der Waals surface area contributed by atoms with E-state index in [0.717, 1.165) is 18.8 Å². The molecule has 0 amide bonds. The molecule has 100 valence electrons. The molecule has 0 spiro atoms. The fourth-order valence-electron chi connectivity index (χ4n) is 2.45. The molecule has 1 aliphatic rings. The van der Waals surface area contributed by atoms with Gasteiger partial charge in [-0.2, -0.15) is 5.26 Å². The topological polar surface area (TPSA) is 23.8 Å². The van der Waals surface area contributed by atoms with E-state index in [4.69, 9.17) is 5.26 Å². The van der Waals surface area contributed by atoms with E-state index in [1.54, 1.807) is 0 Å². The lowest BCUT2D eigenvalue weighted by Crippen LogP contribution is -1.97. The highest BCUT2D eigenvalue weighted by molar-refractivity contribution is 4.98. The Bertz CT molecular complexity index is 282. The van der Waals surface area contributed by atoms with Gasteiger partial charge in [0.25, 0.3) is 0 Å². The van der Waals surface area contributed by atoms with Crippen LogP contribution >= 0.6 is 0 Å². The van der Waals surface area contributed by atoms with Gasteiger partial charge in [-0.15, -0.1) is 0 Å². The summed E-state index contributed by atoms with van der Waals surface area (Å²) in [5.74, 6) is 0.806. The first-order chi connectivity index (χ1) is 8.93. The van der Waals surface area contributed by atoms with Crippen molar-refractivity contribution in [1.29, 1.82) is 5.26 Å². The molecule has 1 unspecified atom stereocenters. The molecule has 0 fully saturated rings. The predicted octanol–water partition coefficient (Wildman–Crippen LogP) is 5.54. The first kappa shape index (κ1) is 15.0. The maximum absolute atomic E-state index is 8.41. The Morgan fingerprint density at radius 2 is 1.83 bits per heavy atom. The van der Waals surface area contributed by atoms with Crippen molar-refractivity contribution in [3.05, 3.63) is 24.3 Å². The Kier molecular flexibility index (Phi) is 9.25. The zero-order valence-electron chi connectivity index (χ0n) is 11.6. The molecule has 0 saturated heterocycles. The third kappa shape index (κ3) is 8.12. The molecule has 0 bridgehead atoms. The van der Waals surface area contributed by atoms with Crippen molar-refractivity contribution in [2.24, 2.45) is 5.92 Å². The van der Waals surface area contributed by atoms with Crippen molar-refractivity contribution in [2.75, 3.05) is 0 Å². The minimum absolute atomic E-state index is 0.735. The van der Waals surface area contributed by atoms with Crippen LogP contribution in [0.2, 0.25) is 0 Å². The van der Waals surface area contributed by atoms with E-state index >= 15 is 0 Å². The Balaban J connectivity index is 1.85. The molecule has 0 aliphatic heterocycles. The summed E-state index contributed by atoms with van der Waals surface area (Å²) in [5, 5.41) is 8.41. The number of nitrogens with zero attached hydrogens (tertiary/aromatic N) is 1. The van der Waals surface area contributed by atoms with Crippen LogP contribution in [0.4, 0.5) is 0 Å². The average Bonchev–Trinajstić information content (AvgIpc) is 2.42. The summed E-state index contributed by atoms with van der Waals surface area (Å²) in [6.07, 6.45) is 22.9. The lowest BCUT2D eigenvalue weighted by molar-refractivity contribution is 0.577. The average molecular weight is 245 g/mol. The largest absolute Gasteiger partial charge is 0.198 e. The smallest absolute Gasteiger partial charge is 0.0621 e. The molecule has 0 aromatic heterocycles. The van der Waals surface area contributed by atoms with Gasteiger partial charge in [0, 0.05) is 6.42 Å². The third-order valence-corrected chi connectivity index (χ3v) is 3.63. The summed E-state index contributed by atoms with van der Waals surface area (Å²) in [6, 6.07) is 2.20. The monoisotopic (exact) mass is 245 g/mol. The summed E-state index contributed by atoms with van der Waals surface area (Å²) < 4.78 is 0. The quantitative estimate of drug-likeness (QED) is 0.386. The standard InChI is InChI=1S/C17H27N/c18-16-12-7-5-3-1-2-4-6-9-13-17-14-10-8-11-15-17/h8-10,13,17H,1-7,11-12,14-15H2/b13-9+. The minimum Gasteiger partial charge on any atom is -0.198 e. The number of allylic oxidation sites excluding steroid dienone is 4. The van der Waals surface area contributed by atoms with Crippen LogP contribution in [-0.2, 0) is 0 Å². The molecule has 0 N–H and O–H groups in total. The first-order valence-electron chi connectivity index (χ1n) is 7.62. The Morgan fingerprint density at radius 3 is 2.56 bits per heavy atom. The van der Waals surface area contributed by atoms with Gasteiger partial charge in [0.15, 0.2) is 0 Å². The van der Waals surface area contributed by atoms with Crippen molar-refractivity contribution in [2.45, 2.75) is 70.6 Å². The molecular formula is C17H27N. The SMILES string of the molecule is N#CCCCCCCCC/C=C/C1CC=CCC1. The highest BCUT2D eigenvalue weighted by Gasteiger charge is 2.04. The van der Waals surface area contributed by atoms with E-state index in [2.05, 4.69) is 30.4 Å². The van der Waals surface area contributed by atoms with Crippen LogP contribution in [0.1, 0.15) is 70.6 Å². The highest BCUT2D eigenvalue weighted by atomic mass is 14.2. The minimum atomic E-state index is 0.735. The molecule has 1 nitrogen and oxygen atoms in total. The summed E-state index contributed by atoms with van der Waals surface area (Å²) in [7, 11) is 0. The maximum atomic E-state index is 8.41. The van der Waals surface area contributed by atoms with Gasteiger partial charge in [-0.3, -0.25) is 0 Å². The second-order valence-electron chi connectivity index (χ2n) is 5.29. The maximum Gasteiger partial charge on any atom is 0.0621 e. The van der Waals surface area contributed by atoms with Gasteiger partial charge < -0.3 is 0 Å². The van der Waals surface area contributed by atoms with Crippen LogP contribution in [-0.4, -0.2) is 0 Å². The number of hydrogen-bond acceptors (Lipinski definition) is 1. The second-order valence-corrected chi connectivity index (χ2v) is 5.29. The van der Waals surface area contributed by atoms with E-state index in [1.807, 2.05) is 0 Å². The molecular weight excluding hydrogens is 218 g/mol. The van der Waals surface area contributed by atoms with E-state index in [-0.39, 0.29) is 0 Å². The van der Waals surface area contributed by atoms with Gasteiger partial charge in [-0.05, 0) is 44.4 Å². The Hall–Kier alpha value is -1.03. The van der Waals surface area contributed by atoms with Crippen LogP contribution in [0.15, 0.2) is 24.3 Å². The number of rotatable bonds is 9.